The van der Waals surface area contributed by atoms with Crippen molar-refractivity contribution in [2.75, 3.05) is 19.0 Å². The number of rotatable bonds is 6. The van der Waals surface area contributed by atoms with Gasteiger partial charge in [0.25, 0.3) is 0 Å². The first-order valence-corrected chi connectivity index (χ1v) is 9.00. The molecule has 0 saturated heterocycles. The Bertz CT molecular complexity index is 637. The van der Waals surface area contributed by atoms with Gasteiger partial charge < -0.3 is 14.8 Å². The van der Waals surface area contributed by atoms with Gasteiger partial charge in [0.1, 0.15) is 11.4 Å². The number of fused-ring (bicyclic) bond motifs is 1. The largest absolute Gasteiger partial charge is 0.469 e. The molecule has 1 heterocycles. The highest BCUT2D eigenvalue weighted by Gasteiger charge is 2.30. The molecule has 24 heavy (non-hydrogen) atoms. The van der Waals surface area contributed by atoms with Gasteiger partial charge in [0.15, 0.2) is 0 Å². The number of esters is 2. The first-order valence-electron chi connectivity index (χ1n) is 8.18. The number of methoxy groups -OCH3 is 1. The van der Waals surface area contributed by atoms with Crippen LogP contribution in [0, 0.1) is 5.92 Å². The third-order valence-corrected chi connectivity index (χ3v) is 5.38. The summed E-state index contributed by atoms with van der Waals surface area (Å²) < 4.78 is 9.65. The zero-order valence-electron chi connectivity index (χ0n) is 14.3. The summed E-state index contributed by atoms with van der Waals surface area (Å²) in [5, 5.41) is 3.16. The molecule has 0 unspecified atom stereocenters. The summed E-state index contributed by atoms with van der Waals surface area (Å²) in [4.78, 5) is 36.7. The van der Waals surface area contributed by atoms with Gasteiger partial charge in [0.05, 0.1) is 19.3 Å². The monoisotopic (exact) mass is 353 g/mol. The van der Waals surface area contributed by atoms with Crippen molar-refractivity contribution in [1.82, 2.24) is 0 Å². The maximum atomic E-state index is 12.4. The lowest BCUT2D eigenvalue weighted by atomic mass is 9.85. The summed E-state index contributed by atoms with van der Waals surface area (Å²) in [6, 6.07) is 0. The number of hydrogen-bond donors (Lipinski definition) is 1. The molecule has 0 saturated carbocycles. The highest BCUT2D eigenvalue weighted by molar-refractivity contribution is 7.17. The molecule has 7 heteroatoms. The average molecular weight is 353 g/mol. The van der Waals surface area contributed by atoms with E-state index in [0.29, 0.717) is 16.5 Å². The molecule has 1 aromatic heterocycles. The Balaban J connectivity index is 2.28. The smallest absolute Gasteiger partial charge is 0.341 e. The third-order valence-electron chi connectivity index (χ3n) is 4.21. The Morgan fingerprint density at radius 3 is 2.67 bits per heavy atom. The highest BCUT2D eigenvalue weighted by atomic mass is 32.1. The van der Waals surface area contributed by atoms with Crippen LogP contribution < -0.4 is 5.32 Å². The second-order valence-corrected chi connectivity index (χ2v) is 6.85. The van der Waals surface area contributed by atoms with E-state index in [1.807, 2.05) is 0 Å². The summed E-state index contributed by atoms with van der Waals surface area (Å²) in [7, 11) is 1.23. The fraction of sp³-hybridized carbons (Fsp3) is 0.588. The van der Waals surface area contributed by atoms with Crippen molar-refractivity contribution >= 4 is 34.2 Å². The van der Waals surface area contributed by atoms with Crippen LogP contribution in [0.25, 0.3) is 0 Å². The summed E-state index contributed by atoms with van der Waals surface area (Å²) in [6.07, 6.45) is 3.47. The SMILES string of the molecule is CCOC(=O)c1c(NC(=O)CC(=O)OC)sc2c1CC[C@H](CC)C2. The third kappa shape index (κ3) is 4.14. The molecule has 0 aliphatic heterocycles. The highest BCUT2D eigenvalue weighted by Crippen LogP contribution is 2.40. The Labute approximate surface area is 145 Å². The van der Waals surface area contributed by atoms with Crippen LogP contribution in [-0.4, -0.2) is 31.6 Å². The van der Waals surface area contributed by atoms with Gasteiger partial charge in [-0.25, -0.2) is 4.79 Å². The molecule has 0 spiro atoms. The number of hydrogen-bond acceptors (Lipinski definition) is 6. The van der Waals surface area contributed by atoms with Crippen LogP contribution in [0.3, 0.4) is 0 Å². The van der Waals surface area contributed by atoms with Crippen molar-refractivity contribution in [1.29, 1.82) is 0 Å². The van der Waals surface area contributed by atoms with E-state index in [2.05, 4.69) is 17.0 Å². The van der Waals surface area contributed by atoms with E-state index in [9.17, 15) is 14.4 Å². The number of thiophene rings is 1. The van der Waals surface area contributed by atoms with Crippen LogP contribution >= 0.6 is 11.3 Å². The van der Waals surface area contributed by atoms with Gasteiger partial charge in [-0.1, -0.05) is 13.3 Å². The molecular weight excluding hydrogens is 330 g/mol. The minimum Gasteiger partial charge on any atom is -0.469 e. The maximum absolute atomic E-state index is 12.4. The van der Waals surface area contributed by atoms with Crippen LogP contribution in [0.2, 0.25) is 0 Å². The van der Waals surface area contributed by atoms with Crippen molar-refractivity contribution in [2.45, 2.75) is 46.0 Å². The molecule has 0 radical (unpaired) electrons. The summed E-state index contributed by atoms with van der Waals surface area (Å²) in [5.74, 6) is -0.918. The fourth-order valence-electron chi connectivity index (χ4n) is 2.88. The lowest BCUT2D eigenvalue weighted by molar-refractivity contribution is -0.142. The Morgan fingerprint density at radius 1 is 1.29 bits per heavy atom. The second kappa shape index (κ2) is 8.28. The average Bonchev–Trinajstić information content (AvgIpc) is 2.91. The molecular formula is C17H23NO5S. The lowest BCUT2D eigenvalue weighted by Gasteiger charge is -2.20. The van der Waals surface area contributed by atoms with Gasteiger partial charge in [0.2, 0.25) is 5.91 Å². The van der Waals surface area contributed by atoms with Crippen LogP contribution in [0.5, 0.6) is 0 Å². The quantitative estimate of drug-likeness (QED) is 0.628. The Kier molecular flexibility index (Phi) is 6.36. The Morgan fingerprint density at radius 2 is 2.04 bits per heavy atom. The first-order chi connectivity index (χ1) is 11.5. The molecule has 6 nitrogen and oxygen atoms in total. The van der Waals surface area contributed by atoms with Gasteiger partial charge in [0, 0.05) is 4.88 Å². The number of carbonyl (C=O) groups excluding carboxylic acids is 3. The van der Waals surface area contributed by atoms with Crippen LogP contribution in [-0.2, 0) is 31.9 Å². The van der Waals surface area contributed by atoms with Crippen molar-refractivity contribution < 1.29 is 23.9 Å². The van der Waals surface area contributed by atoms with Crippen molar-refractivity contribution in [3.63, 3.8) is 0 Å². The molecule has 1 aromatic rings. The number of carbonyl (C=O) groups is 3. The van der Waals surface area contributed by atoms with Gasteiger partial charge in [-0.05, 0) is 37.7 Å². The van der Waals surface area contributed by atoms with E-state index in [0.717, 1.165) is 36.1 Å². The molecule has 1 N–H and O–H groups in total. The van der Waals surface area contributed by atoms with Gasteiger partial charge in [-0.2, -0.15) is 0 Å². The van der Waals surface area contributed by atoms with Crippen molar-refractivity contribution in [3.8, 4) is 0 Å². The van der Waals surface area contributed by atoms with E-state index in [-0.39, 0.29) is 13.0 Å². The minimum atomic E-state index is -0.613. The maximum Gasteiger partial charge on any atom is 0.341 e. The van der Waals surface area contributed by atoms with Gasteiger partial charge >= 0.3 is 11.9 Å². The Hall–Kier alpha value is -1.89. The molecule has 2 rings (SSSR count). The normalized spacial score (nSPS) is 16.2. The van der Waals surface area contributed by atoms with Gasteiger partial charge in [-0.15, -0.1) is 11.3 Å². The summed E-state index contributed by atoms with van der Waals surface area (Å²) >= 11 is 1.41. The predicted octanol–water partition coefficient (Wildman–Crippen LogP) is 2.94. The van der Waals surface area contributed by atoms with Crippen molar-refractivity contribution in [3.05, 3.63) is 16.0 Å². The summed E-state index contributed by atoms with van der Waals surface area (Å²) in [6.45, 7) is 4.19. The first kappa shape index (κ1) is 18.4. The molecule has 132 valence electrons. The molecule has 1 aliphatic carbocycles. The zero-order valence-corrected chi connectivity index (χ0v) is 15.1. The minimum absolute atomic E-state index is 0.274. The lowest BCUT2D eigenvalue weighted by Crippen LogP contribution is -2.19. The molecule has 1 aliphatic rings. The standard InChI is InChI=1S/C17H23NO5S/c1-4-10-6-7-11-12(8-10)24-16(15(11)17(21)23-5-2)18-13(19)9-14(20)22-3/h10H,4-9H2,1-3H3,(H,18,19)/t10-/m0/s1. The van der Waals surface area contributed by atoms with E-state index in [1.165, 1.54) is 18.4 Å². The van der Waals surface area contributed by atoms with Crippen LogP contribution in [0.1, 0.15) is 53.9 Å². The molecule has 0 aromatic carbocycles. The van der Waals surface area contributed by atoms with E-state index in [1.54, 1.807) is 6.92 Å². The zero-order chi connectivity index (χ0) is 17.7. The fourth-order valence-corrected chi connectivity index (χ4v) is 4.25. The van der Waals surface area contributed by atoms with Crippen LogP contribution in [0.4, 0.5) is 5.00 Å². The number of nitrogens with one attached hydrogen (secondary N) is 1. The number of amides is 1. The molecule has 1 amide bonds. The molecule has 0 fully saturated rings. The second-order valence-electron chi connectivity index (χ2n) is 5.75. The molecule has 0 bridgehead atoms. The predicted molar refractivity (Wildman–Crippen MR) is 91.3 cm³/mol. The van der Waals surface area contributed by atoms with E-state index < -0.39 is 17.8 Å². The number of anilines is 1. The van der Waals surface area contributed by atoms with Crippen LogP contribution in [0.15, 0.2) is 0 Å². The van der Waals surface area contributed by atoms with Gasteiger partial charge in [-0.3, -0.25) is 9.59 Å². The van der Waals surface area contributed by atoms with E-state index >= 15 is 0 Å². The van der Waals surface area contributed by atoms with Crippen molar-refractivity contribution in [2.24, 2.45) is 5.92 Å². The molecule has 1 atom stereocenters. The topological polar surface area (TPSA) is 81.7 Å². The number of ether oxygens (including phenoxy) is 2. The van der Waals surface area contributed by atoms with E-state index in [4.69, 9.17) is 4.74 Å². The summed E-state index contributed by atoms with van der Waals surface area (Å²) in [5.41, 5.74) is 1.43.